The summed E-state index contributed by atoms with van der Waals surface area (Å²) in [5.74, 6) is 0. The zero-order valence-electron chi connectivity index (χ0n) is 59.8. The van der Waals surface area contributed by atoms with Gasteiger partial charge < -0.3 is 0 Å². The predicted molar refractivity (Wildman–Crippen MR) is 394 cm³/mol. The molecular weight excluding hydrogens is 1010 g/mol. The van der Waals surface area contributed by atoms with E-state index in [1.165, 1.54) is 100 Å². The molecule has 0 bridgehead atoms. The second kappa shape index (κ2) is 62.0. The zero-order valence-corrected chi connectivity index (χ0v) is 59.8. The molecule has 9 aromatic carbocycles. The summed E-state index contributed by atoms with van der Waals surface area (Å²) in [4.78, 5) is 0. The van der Waals surface area contributed by atoms with Gasteiger partial charge in [-0.25, -0.2) is 0 Å². The van der Waals surface area contributed by atoms with Crippen LogP contribution < -0.4 is 0 Å². The quantitative estimate of drug-likeness (QED) is 0.165. The van der Waals surface area contributed by atoms with Gasteiger partial charge in [0.05, 0.1) is 0 Å². The van der Waals surface area contributed by atoms with Gasteiger partial charge >= 0.3 is 0 Å². The van der Waals surface area contributed by atoms with Crippen LogP contribution in [0.2, 0.25) is 0 Å². The molecule has 0 atom stereocenters. The molecule has 462 valence electrons. The molecule has 0 aromatic heterocycles. The van der Waals surface area contributed by atoms with Gasteiger partial charge in [-0.2, -0.15) is 0 Å². The van der Waals surface area contributed by atoms with Gasteiger partial charge in [0.25, 0.3) is 0 Å². The van der Waals surface area contributed by atoms with E-state index in [2.05, 4.69) is 301 Å². The Labute approximate surface area is 523 Å². The van der Waals surface area contributed by atoms with Crippen molar-refractivity contribution in [3.8, 4) is 33.4 Å². The van der Waals surface area contributed by atoms with E-state index in [0.29, 0.717) is 0 Å². The summed E-state index contributed by atoms with van der Waals surface area (Å²) < 4.78 is 0. The van der Waals surface area contributed by atoms with Crippen molar-refractivity contribution in [2.45, 2.75) is 208 Å². The van der Waals surface area contributed by atoms with Crippen LogP contribution in [0.4, 0.5) is 0 Å². The minimum Gasteiger partial charge on any atom is -0.0683 e. The minimum absolute atomic E-state index is 1.30. The molecule has 0 aliphatic rings. The highest BCUT2D eigenvalue weighted by Gasteiger charge is 2.03. The Bertz CT molecular complexity index is 2700. The van der Waals surface area contributed by atoms with Gasteiger partial charge in [-0.05, 0) is 150 Å². The first-order valence-electron chi connectivity index (χ1n) is 32.2. The standard InChI is InChI=1S/3C14H14.3C8H10.9C2H6/c1-11-7-3-5-9-13(11)14-10-6-4-8-12(14)2;1-11-6-5-8-13(10-11)14-9-4-3-7-12(14)2;1-11-7-9-13(10-8-11)14-6-4-3-5-12(14)2;1-7-3-5-8(2)6-4-7;1-7-4-3-5-8(2)6-7;1-7-5-3-4-6-8(7)2;9*1-2/h3*3-10H,1-2H3;3*3-6H,1-2H3;9*1-2H3. The number of hydrogen-bond acceptors (Lipinski definition) is 0. The molecule has 0 nitrogen and oxygen atoms in total. The van der Waals surface area contributed by atoms with E-state index in [-0.39, 0.29) is 0 Å². The fraction of sp³-hybridized carbons (Fsp3) is 0.357. The Morgan fingerprint density at radius 3 is 0.595 bits per heavy atom. The smallest absolute Gasteiger partial charge is 0.0152 e. The molecule has 0 radical (unpaired) electrons. The zero-order chi connectivity index (χ0) is 65.8. The molecule has 9 rings (SSSR count). The van der Waals surface area contributed by atoms with Crippen molar-refractivity contribution in [3.05, 3.63) is 285 Å². The third-order valence-corrected chi connectivity index (χ3v) is 11.4. The Balaban J connectivity index is -0.000000208. The van der Waals surface area contributed by atoms with Crippen molar-refractivity contribution in [3.63, 3.8) is 0 Å². The molecule has 0 fully saturated rings. The topological polar surface area (TPSA) is 0 Å². The first kappa shape index (κ1) is 88.2. The summed E-state index contributed by atoms with van der Waals surface area (Å²) in [5.41, 5.74) is 24.0. The molecule has 0 saturated heterocycles. The number of benzene rings is 9. The third-order valence-electron chi connectivity index (χ3n) is 11.4. The van der Waals surface area contributed by atoms with E-state index in [1.54, 1.807) is 0 Å². The van der Waals surface area contributed by atoms with Crippen molar-refractivity contribution in [2.75, 3.05) is 0 Å². The molecule has 0 heterocycles. The fourth-order valence-corrected chi connectivity index (χ4v) is 7.20. The molecule has 0 unspecified atom stereocenters. The van der Waals surface area contributed by atoms with Gasteiger partial charge in [-0.1, -0.05) is 376 Å². The summed E-state index contributed by atoms with van der Waals surface area (Å²) >= 11 is 0. The number of rotatable bonds is 3. The summed E-state index contributed by atoms with van der Waals surface area (Å²) in [7, 11) is 0. The summed E-state index contributed by atoms with van der Waals surface area (Å²) in [6, 6.07) is 76.5. The van der Waals surface area contributed by atoms with E-state index in [1.807, 2.05) is 125 Å². The van der Waals surface area contributed by atoms with Crippen molar-refractivity contribution in [1.82, 2.24) is 0 Å². The summed E-state index contributed by atoms with van der Waals surface area (Å²) in [6.45, 7) is 61.5. The van der Waals surface area contributed by atoms with Gasteiger partial charge in [0.1, 0.15) is 0 Å². The minimum atomic E-state index is 1.30. The SMILES string of the molecule is CC.CC.CC.CC.CC.CC.CC.CC.CC.Cc1ccc(-c2ccccc2C)cc1.Cc1ccc(C)cc1.Cc1cccc(-c2ccccc2C)c1.Cc1cccc(C)c1.Cc1ccccc1-c1ccccc1C.Cc1ccccc1C. The Hall–Kier alpha value is -7.02. The monoisotopic (exact) mass is 1130 g/mol. The maximum atomic E-state index is 2.22. The Kier molecular flexibility index (Phi) is 65.1. The van der Waals surface area contributed by atoms with Gasteiger partial charge in [0.15, 0.2) is 0 Å². The first-order chi connectivity index (χ1) is 40.7. The molecule has 0 aliphatic carbocycles. The Morgan fingerprint density at radius 2 is 0.357 bits per heavy atom. The lowest BCUT2D eigenvalue weighted by Crippen LogP contribution is -1.85. The second-order valence-corrected chi connectivity index (χ2v) is 17.4. The normalized spacial score (nSPS) is 8.36. The predicted octanol–water partition coefficient (Wildman–Crippen LogP) is 28.1. The third kappa shape index (κ3) is 41.1. The summed E-state index contributed by atoms with van der Waals surface area (Å²) in [5, 5.41) is 0. The van der Waals surface area contributed by atoms with Gasteiger partial charge in [-0.3, -0.25) is 0 Å². The average Bonchev–Trinajstić information content (AvgIpc) is 3.65. The highest BCUT2D eigenvalue weighted by Crippen LogP contribution is 2.26. The van der Waals surface area contributed by atoms with Crippen molar-refractivity contribution < 1.29 is 0 Å². The van der Waals surface area contributed by atoms with Crippen LogP contribution in [0.3, 0.4) is 0 Å². The van der Waals surface area contributed by atoms with E-state index < -0.39 is 0 Å². The fourth-order valence-electron chi connectivity index (χ4n) is 7.20. The average molecular weight is 1140 g/mol. The van der Waals surface area contributed by atoms with E-state index >= 15 is 0 Å². The highest BCUT2D eigenvalue weighted by atomic mass is 14.1. The molecule has 0 saturated carbocycles. The van der Waals surface area contributed by atoms with Crippen LogP contribution in [-0.4, -0.2) is 0 Å². The van der Waals surface area contributed by atoms with Gasteiger partial charge in [-0.15, -0.1) is 0 Å². The molecule has 0 N–H and O–H groups in total. The maximum Gasteiger partial charge on any atom is -0.0152 e. The van der Waals surface area contributed by atoms with E-state index in [9.17, 15) is 0 Å². The van der Waals surface area contributed by atoms with Crippen LogP contribution in [0.5, 0.6) is 0 Å². The van der Waals surface area contributed by atoms with Crippen molar-refractivity contribution in [1.29, 1.82) is 0 Å². The largest absolute Gasteiger partial charge is 0.0683 e. The Morgan fingerprint density at radius 1 is 0.143 bits per heavy atom. The van der Waals surface area contributed by atoms with Crippen molar-refractivity contribution >= 4 is 0 Å². The first-order valence-corrected chi connectivity index (χ1v) is 32.2. The van der Waals surface area contributed by atoms with E-state index in [0.717, 1.165) is 0 Å². The van der Waals surface area contributed by atoms with Crippen LogP contribution in [0.25, 0.3) is 33.4 Å². The van der Waals surface area contributed by atoms with Crippen LogP contribution in [0.1, 0.15) is 191 Å². The summed E-state index contributed by atoms with van der Waals surface area (Å²) in [6.07, 6.45) is 0. The molecule has 9 aromatic rings. The maximum absolute atomic E-state index is 2.22. The molecule has 0 heteroatoms. The van der Waals surface area contributed by atoms with Gasteiger partial charge in [0, 0.05) is 0 Å². The molecule has 0 aliphatic heterocycles. The second-order valence-electron chi connectivity index (χ2n) is 17.4. The lowest BCUT2D eigenvalue weighted by Gasteiger charge is -2.08. The molecule has 0 amide bonds. The van der Waals surface area contributed by atoms with Crippen LogP contribution in [-0.2, 0) is 0 Å². The van der Waals surface area contributed by atoms with Crippen LogP contribution in [0, 0.1) is 83.1 Å². The lowest BCUT2D eigenvalue weighted by atomic mass is 9.97. The molecule has 0 spiro atoms. The highest BCUT2D eigenvalue weighted by molar-refractivity contribution is 5.70. The van der Waals surface area contributed by atoms with Crippen LogP contribution >= 0.6 is 0 Å². The van der Waals surface area contributed by atoms with Crippen molar-refractivity contribution in [2.24, 2.45) is 0 Å². The molecule has 84 heavy (non-hydrogen) atoms. The van der Waals surface area contributed by atoms with Crippen LogP contribution in [0.15, 0.2) is 218 Å². The van der Waals surface area contributed by atoms with E-state index in [4.69, 9.17) is 0 Å². The number of hydrogen-bond donors (Lipinski definition) is 0. The lowest BCUT2D eigenvalue weighted by molar-refractivity contribution is 1.34. The molecular formula is C84H126. The van der Waals surface area contributed by atoms with Gasteiger partial charge in [0.2, 0.25) is 0 Å². The number of aryl methyl sites for hydroxylation is 12.